The zero-order chi connectivity index (χ0) is 15.5. The number of thiophene rings is 1. The van der Waals surface area contributed by atoms with E-state index in [0.29, 0.717) is 24.3 Å². The van der Waals surface area contributed by atoms with Crippen LogP contribution in [-0.4, -0.2) is 10.9 Å². The van der Waals surface area contributed by atoms with Gasteiger partial charge in [0.15, 0.2) is 5.58 Å². The molecule has 0 aliphatic heterocycles. The molecule has 0 saturated heterocycles. The Morgan fingerprint density at radius 3 is 2.95 bits per heavy atom. The third-order valence-electron chi connectivity index (χ3n) is 3.34. The number of rotatable bonds is 5. The summed E-state index contributed by atoms with van der Waals surface area (Å²) in [5.41, 5.74) is 5.43. The first kappa shape index (κ1) is 14.5. The second-order valence-corrected chi connectivity index (χ2v) is 5.80. The molecular weight excluding hydrogens is 298 g/mol. The van der Waals surface area contributed by atoms with Crippen molar-refractivity contribution in [1.82, 2.24) is 10.4 Å². The van der Waals surface area contributed by atoms with Crippen LogP contribution in [0.25, 0.3) is 27.4 Å². The Morgan fingerprint density at radius 1 is 1.36 bits per heavy atom. The first-order chi connectivity index (χ1) is 10.7. The standard InChI is InChI=1S/C16H15N3O2S/c1-10(4-7-15(20)19-17)11-5-6-12-13(9-11)21-16(18-12)14-3-2-8-22-14/h2-3,5-6,8-9H,1,4,7,17H2,(H,19,20). The Labute approximate surface area is 131 Å². The van der Waals surface area contributed by atoms with Crippen molar-refractivity contribution in [1.29, 1.82) is 0 Å². The van der Waals surface area contributed by atoms with E-state index in [9.17, 15) is 4.79 Å². The number of hydrogen-bond donors (Lipinski definition) is 2. The number of benzene rings is 1. The Bertz CT molecular complexity index is 821. The summed E-state index contributed by atoms with van der Waals surface area (Å²) in [4.78, 5) is 16.7. The number of aromatic nitrogens is 1. The Balaban J connectivity index is 1.83. The number of oxazole rings is 1. The molecular formula is C16H15N3O2S. The number of fused-ring (bicyclic) bond motifs is 1. The molecule has 6 heteroatoms. The Kier molecular flexibility index (Phi) is 4.04. The summed E-state index contributed by atoms with van der Waals surface area (Å²) in [7, 11) is 0. The average molecular weight is 313 g/mol. The number of nitrogens with two attached hydrogens (primary N) is 1. The van der Waals surface area contributed by atoms with Crippen molar-refractivity contribution in [3.05, 3.63) is 47.9 Å². The van der Waals surface area contributed by atoms with Crippen molar-refractivity contribution in [2.75, 3.05) is 0 Å². The third kappa shape index (κ3) is 2.93. The predicted octanol–water partition coefficient (Wildman–Crippen LogP) is 3.34. The van der Waals surface area contributed by atoms with E-state index in [1.165, 1.54) is 0 Å². The molecule has 2 aromatic heterocycles. The number of nitrogens with one attached hydrogen (secondary N) is 1. The number of allylic oxidation sites excluding steroid dienone is 1. The van der Waals surface area contributed by atoms with Gasteiger partial charge in [-0.1, -0.05) is 18.7 Å². The lowest BCUT2D eigenvalue weighted by molar-refractivity contribution is -0.121. The van der Waals surface area contributed by atoms with Crippen molar-refractivity contribution < 1.29 is 9.21 Å². The summed E-state index contributed by atoms with van der Waals surface area (Å²) in [6.07, 6.45) is 0.852. The maximum absolute atomic E-state index is 11.2. The molecule has 0 aliphatic carbocycles. The van der Waals surface area contributed by atoms with Crippen LogP contribution in [0.3, 0.4) is 0 Å². The number of carbonyl (C=O) groups is 1. The highest BCUT2D eigenvalue weighted by atomic mass is 32.1. The van der Waals surface area contributed by atoms with E-state index in [4.69, 9.17) is 10.3 Å². The number of hydrazine groups is 1. The van der Waals surface area contributed by atoms with Crippen LogP contribution in [0.2, 0.25) is 0 Å². The lowest BCUT2D eigenvalue weighted by atomic mass is 10.0. The Morgan fingerprint density at radius 2 is 2.23 bits per heavy atom. The highest BCUT2D eigenvalue weighted by Gasteiger charge is 2.11. The maximum Gasteiger partial charge on any atom is 0.237 e. The fraction of sp³-hybridized carbons (Fsp3) is 0.125. The topological polar surface area (TPSA) is 81.2 Å². The molecule has 2 heterocycles. The lowest BCUT2D eigenvalue weighted by Crippen LogP contribution is -2.29. The van der Waals surface area contributed by atoms with Crippen molar-refractivity contribution in [3.8, 4) is 10.8 Å². The summed E-state index contributed by atoms with van der Waals surface area (Å²) in [6.45, 7) is 4.01. The van der Waals surface area contributed by atoms with E-state index >= 15 is 0 Å². The van der Waals surface area contributed by atoms with Crippen LogP contribution in [0, 0.1) is 0 Å². The fourth-order valence-corrected chi connectivity index (χ4v) is 2.78. The molecule has 3 rings (SSSR count). The molecule has 0 saturated carbocycles. The Hall–Kier alpha value is -2.44. The van der Waals surface area contributed by atoms with E-state index in [-0.39, 0.29) is 5.91 Å². The van der Waals surface area contributed by atoms with Crippen LogP contribution in [0.5, 0.6) is 0 Å². The van der Waals surface area contributed by atoms with Crippen LogP contribution in [0.4, 0.5) is 0 Å². The molecule has 112 valence electrons. The second kappa shape index (κ2) is 6.13. The normalized spacial score (nSPS) is 10.8. The maximum atomic E-state index is 11.2. The van der Waals surface area contributed by atoms with Gasteiger partial charge in [0.25, 0.3) is 0 Å². The lowest BCUT2D eigenvalue weighted by Gasteiger charge is -2.04. The van der Waals surface area contributed by atoms with E-state index in [1.54, 1.807) is 11.3 Å². The van der Waals surface area contributed by atoms with Gasteiger partial charge in [0.2, 0.25) is 11.8 Å². The van der Waals surface area contributed by atoms with Crippen LogP contribution >= 0.6 is 11.3 Å². The summed E-state index contributed by atoms with van der Waals surface area (Å²) in [5.74, 6) is 5.48. The molecule has 0 fully saturated rings. The molecule has 1 amide bonds. The van der Waals surface area contributed by atoms with E-state index in [1.807, 2.05) is 35.7 Å². The highest BCUT2D eigenvalue weighted by Crippen LogP contribution is 2.29. The van der Waals surface area contributed by atoms with Crippen LogP contribution in [-0.2, 0) is 4.79 Å². The van der Waals surface area contributed by atoms with Crippen molar-refractivity contribution >= 4 is 33.9 Å². The van der Waals surface area contributed by atoms with Crippen LogP contribution < -0.4 is 11.3 Å². The number of hydrogen-bond acceptors (Lipinski definition) is 5. The fourth-order valence-electron chi connectivity index (χ4n) is 2.13. The van der Waals surface area contributed by atoms with Crippen molar-refractivity contribution in [2.45, 2.75) is 12.8 Å². The summed E-state index contributed by atoms with van der Waals surface area (Å²) < 4.78 is 5.81. The molecule has 0 spiro atoms. The SMILES string of the molecule is C=C(CCC(=O)NN)c1ccc2nc(-c3cccs3)oc2c1. The van der Waals surface area contributed by atoms with Crippen molar-refractivity contribution in [3.63, 3.8) is 0 Å². The molecule has 5 nitrogen and oxygen atoms in total. The van der Waals surface area contributed by atoms with Gasteiger partial charge < -0.3 is 4.42 Å². The monoisotopic (exact) mass is 313 g/mol. The summed E-state index contributed by atoms with van der Waals surface area (Å²) >= 11 is 1.59. The molecule has 0 bridgehead atoms. The van der Waals surface area contributed by atoms with Gasteiger partial charge >= 0.3 is 0 Å². The molecule has 0 atom stereocenters. The van der Waals surface area contributed by atoms with E-state index in [0.717, 1.165) is 21.5 Å². The first-order valence-electron chi connectivity index (χ1n) is 6.79. The molecule has 3 aromatic rings. The second-order valence-electron chi connectivity index (χ2n) is 4.85. The highest BCUT2D eigenvalue weighted by molar-refractivity contribution is 7.13. The molecule has 1 aromatic carbocycles. The zero-order valence-corrected chi connectivity index (χ0v) is 12.7. The number of carbonyl (C=O) groups excluding carboxylic acids is 1. The minimum atomic E-state index is -0.207. The predicted molar refractivity (Wildman–Crippen MR) is 87.9 cm³/mol. The van der Waals surface area contributed by atoms with E-state index < -0.39 is 0 Å². The van der Waals surface area contributed by atoms with Gasteiger partial charge in [0.1, 0.15) is 5.52 Å². The van der Waals surface area contributed by atoms with E-state index in [2.05, 4.69) is 17.0 Å². The molecule has 0 radical (unpaired) electrons. The molecule has 3 N–H and O–H groups in total. The zero-order valence-electron chi connectivity index (χ0n) is 11.8. The molecule has 0 unspecified atom stereocenters. The molecule has 0 aliphatic rings. The van der Waals surface area contributed by atoms with Gasteiger partial charge in [-0.25, -0.2) is 10.8 Å². The minimum absolute atomic E-state index is 0.207. The smallest absolute Gasteiger partial charge is 0.237 e. The van der Waals surface area contributed by atoms with Gasteiger partial charge in [-0.15, -0.1) is 11.3 Å². The van der Waals surface area contributed by atoms with Gasteiger partial charge in [-0.3, -0.25) is 10.2 Å². The number of amides is 1. The largest absolute Gasteiger partial charge is 0.435 e. The van der Waals surface area contributed by atoms with Gasteiger partial charge in [0, 0.05) is 6.42 Å². The van der Waals surface area contributed by atoms with Gasteiger partial charge in [-0.2, -0.15) is 0 Å². The minimum Gasteiger partial charge on any atom is -0.435 e. The molecule has 22 heavy (non-hydrogen) atoms. The first-order valence-corrected chi connectivity index (χ1v) is 7.67. The average Bonchev–Trinajstić information content (AvgIpc) is 3.19. The van der Waals surface area contributed by atoms with Crippen LogP contribution in [0.1, 0.15) is 18.4 Å². The number of nitrogens with zero attached hydrogens (tertiary/aromatic N) is 1. The quantitative estimate of drug-likeness (QED) is 0.430. The van der Waals surface area contributed by atoms with Gasteiger partial charge in [0.05, 0.1) is 4.88 Å². The van der Waals surface area contributed by atoms with Crippen LogP contribution in [0.15, 0.2) is 46.7 Å². The summed E-state index contributed by atoms with van der Waals surface area (Å²) in [5, 5.41) is 1.99. The summed E-state index contributed by atoms with van der Waals surface area (Å²) in [6, 6.07) is 9.68. The van der Waals surface area contributed by atoms with Gasteiger partial charge in [-0.05, 0) is 41.1 Å². The third-order valence-corrected chi connectivity index (χ3v) is 4.20. The van der Waals surface area contributed by atoms with Crippen molar-refractivity contribution in [2.24, 2.45) is 5.84 Å².